The Morgan fingerprint density at radius 3 is 2.69 bits per heavy atom. The Kier molecular flexibility index (Phi) is 4.52. The number of nitrogens with zero attached hydrogens (tertiary/aromatic N) is 1. The molecule has 88 valence electrons. The van der Waals surface area contributed by atoms with E-state index in [1.165, 1.54) is 12.1 Å². The lowest BCUT2D eigenvalue weighted by Crippen LogP contribution is -2.37. The summed E-state index contributed by atoms with van der Waals surface area (Å²) in [7, 11) is 0. The zero-order valence-electron chi connectivity index (χ0n) is 9.09. The molecular weight excluding hydrogens is 231 g/mol. The zero-order chi connectivity index (χ0) is 12.1. The molecular formula is C10H14ClFN4. The topological polar surface area (TPSA) is 62.4 Å². The van der Waals surface area contributed by atoms with E-state index in [4.69, 9.17) is 17.4 Å². The lowest BCUT2D eigenvalue weighted by molar-refractivity contribution is 0.632. The minimum absolute atomic E-state index is 0.0499. The molecule has 1 rings (SSSR count). The van der Waals surface area contributed by atoms with Gasteiger partial charge in [0.15, 0.2) is 0 Å². The van der Waals surface area contributed by atoms with E-state index >= 15 is 0 Å². The standard InChI is InChI=1S/C10H14ClFN4/c1-6(2)14-10(16-13)15-9-4-3-7(11)5-8(9)12/h3-6H,13H2,1-2H3,(H2,14,15,16). The molecule has 16 heavy (non-hydrogen) atoms. The lowest BCUT2D eigenvalue weighted by atomic mass is 10.3. The molecule has 0 amide bonds. The largest absolute Gasteiger partial charge is 0.323 e. The maximum Gasteiger partial charge on any atom is 0.210 e. The molecule has 0 unspecified atom stereocenters. The first-order valence-corrected chi connectivity index (χ1v) is 5.17. The molecule has 1 aromatic carbocycles. The lowest BCUT2D eigenvalue weighted by Gasteiger charge is -2.11. The third kappa shape index (κ3) is 3.67. The van der Waals surface area contributed by atoms with Gasteiger partial charge in [-0.3, -0.25) is 5.43 Å². The number of guanidine groups is 1. The molecule has 0 atom stereocenters. The number of halogens is 2. The SMILES string of the molecule is CC(C)N=C(NN)Nc1ccc(Cl)cc1F. The van der Waals surface area contributed by atoms with Crippen LogP contribution in [0.1, 0.15) is 13.8 Å². The van der Waals surface area contributed by atoms with Crippen molar-refractivity contribution in [2.24, 2.45) is 10.8 Å². The van der Waals surface area contributed by atoms with Gasteiger partial charge in [-0.25, -0.2) is 15.2 Å². The molecule has 6 heteroatoms. The average Bonchev–Trinajstić information content (AvgIpc) is 2.20. The second kappa shape index (κ2) is 5.67. The van der Waals surface area contributed by atoms with Crippen LogP contribution in [0.4, 0.5) is 10.1 Å². The Hall–Kier alpha value is -1.33. The summed E-state index contributed by atoms with van der Waals surface area (Å²) in [6.07, 6.45) is 0. The maximum atomic E-state index is 13.4. The van der Waals surface area contributed by atoms with Crippen molar-refractivity contribution in [3.8, 4) is 0 Å². The molecule has 0 saturated carbocycles. The fourth-order valence-corrected chi connectivity index (χ4v) is 1.24. The van der Waals surface area contributed by atoms with Gasteiger partial charge in [0.05, 0.1) is 5.69 Å². The van der Waals surface area contributed by atoms with Crippen molar-refractivity contribution in [3.63, 3.8) is 0 Å². The van der Waals surface area contributed by atoms with Crippen LogP contribution in [0.3, 0.4) is 0 Å². The molecule has 0 aromatic heterocycles. The van der Waals surface area contributed by atoms with Gasteiger partial charge in [-0.05, 0) is 32.0 Å². The fraction of sp³-hybridized carbons (Fsp3) is 0.300. The van der Waals surface area contributed by atoms with Crippen LogP contribution in [0.15, 0.2) is 23.2 Å². The fourth-order valence-electron chi connectivity index (χ4n) is 1.08. The maximum absolute atomic E-state index is 13.4. The van der Waals surface area contributed by atoms with Crippen molar-refractivity contribution in [1.29, 1.82) is 0 Å². The van der Waals surface area contributed by atoms with Gasteiger partial charge in [0.2, 0.25) is 5.96 Å². The summed E-state index contributed by atoms with van der Waals surface area (Å²) in [5.74, 6) is 5.10. The molecule has 1 aromatic rings. The van der Waals surface area contributed by atoms with Crippen molar-refractivity contribution in [2.45, 2.75) is 19.9 Å². The van der Waals surface area contributed by atoms with Crippen molar-refractivity contribution in [1.82, 2.24) is 5.43 Å². The highest BCUT2D eigenvalue weighted by Gasteiger charge is 2.05. The number of rotatable bonds is 2. The van der Waals surface area contributed by atoms with Crippen molar-refractivity contribution in [2.75, 3.05) is 5.32 Å². The summed E-state index contributed by atoms with van der Waals surface area (Å²) in [6, 6.07) is 4.36. The van der Waals surface area contributed by atoms with Gasteiger partial charge in [-0.15, -0.1) is 0 Å². The molecule has 0 aliphatic heterocycles. The van der Waals surface area contributed by atoms with Crippen LogP contribution in [-0.4, -0.2) is 12.0 Å². The second-order valence-electron chi connectivity index (χ2n) is 3.46. The van der Waals surface area contributed by atoms with E-state index < -0.39 is 5.82 Å². The summed E-state index contributed by atoms with van der Waals surface area (Å²) >= 11 is 5.63. The van der Waals surface area contributed by atoms with Crippen LogP contribution >= 0.6 is 11.6 Å². The van der Waals surface area contributed by atoms with E-state index in [1.807, 2.05) is 13.8 Å². The molecule has 0 aliphatic carbocycles. The highest BCUT2D eigenvalue weighted by molar-refractivity contribution is 6.30. The molecule has 4 N–H and O–H groups in total. The van der Waals surface area contributed by atoms with Gasteiger partial charge >= 0.3 is 0 Å². The Morgan fingerprint density at radius 2 is 2.19 bits per heavy atom. The summed E-state index contributed by atoms with van der Waals surface area (Å²) < 4.78 is 13.4. The van der Waals surface area contributed by atoms with Gasteiger partial charge in [-0.1, -0.05) is 11.6 Å². The summed E-state index contributed by atoms with van der Waals surface area (Å²) in [5.41, 5.74) is 2.63. The van der Waals surface area contributed by atoms with Crippen LogP contribution in [0, 0.1) is 5.82 Å². The highest BCUT2D eigenvalue weighted by atomic mass is 35.5. The summed E-state index contributed by atoms with van der Waals surface area (Å²) in [6.45, 7) is 3.77. The minimum Gasteiger partial charge on any atom is -0.323 e. The second-order valence-corrected chi connectivity index (χ2v) is 3.90. The van der Waals surface area contributed by atoms with Gasteiger partial charge < -0.3 is 5.32 Å². The highest BCUT2D eigenvalue weighted by Crippen LogP contribution is 2.18. The smallest absolute Gasteiger partial charge is 0.210 e. The quantitative estimate of drug-likeness (QED) is 0.323. The number of hydrogen-bond donors (Lipinski definition) is 3. The number of nitrogens with two attached hydrogens (primary N) is 1. The monoisotopic (exact) mass is 244 g/mol. The van der Waals surface area contributed by atoms with Crippen LogP contribution in [0.2, 0.25) is 5.02 Å². The number of nitrogens with one attached hydrogen (secondary N) is 2. The van der Waals surface area contributed by atoms with Gasteiger partial charge in [0.1, 0.15) is 5.82 Å². The molecule has 0 aliphatic rings. The molecule has 0 saturated heterocycles. The molecule has 0 radical (unpaired) electrons. The molecule has 4 nitrogen and oxygen atoms in total. The molecule has 0 heterocycles. The van der Waals surface area contributed by atoms with Crippen molar-refractivity contribution >= 4 is 23.2 Å². The Bertz CT molecular complexity index is 392. The third-order valence-electron chi connectivity index (χ3n) is 1.71. The first-order chi connectivity index (χ1) is 7.52. The van der Waals surface area contributed by atoms with E-state index in [0.29, 0.717) is 11.0 Å². The normalized spacial score (nSPS) is 11.8. The third-order valence-corrected chi connectivity index (χ3v) is 1.94. The van der Waals surface area contributed by atoms with E-state index in [9.17, 15) is 4.39 Å². The predicted octanol–water partition coefficient (Wildman–Crippen LogP) is 2.12. The van der Waals surface area contributed by atoms with Gasteiger partial charge in [0, 0.05) is 11.1 Å². The van der Waals surface area contributed by atoms with Crippen LogP contribution in [0.25, 0.3) is 0 Å². The molecule has 0 fully saturated rings. The number of hydrazine groups is 1. The number of hydrogen-bond acceptors (Lipinski definition) is 2. The average molecular weight is 245 g/mol. The summed E-state index contributed by atoms with van der Waals surface area (Å²) in [5, 5.41) is 3.07. The first-order valence-electron chi connectivity index (χ1n) is 4.79. The number of benzene rings is 1. The van der Waals surface area contributed by atoms with Crippen molar-refractivity contribution < 1.29 is 4.39 Å². The van der Waals surface area contributed by atoms with E-state index in [0.717, 1.165) is 0 Å². The van der Waals surface area contributed by atoms with Crippen molar-refractivity contribution in [3.05, 3.63) is 29.0 Å². The Labute approximate surface area is 98.7 Å². The zero-order valence-corrected chi connectivity index (χ0v) is 9.85. The molecule has 0 spiro atoms. The first kappa shape index (κ1) is 12.7. The molecule has 0 bridgehead atoms. The Morgan fingerprint density at radius 1 is 1.50 bits per heavy atom. The van der Waals surface area contributed by atoms with Gasteiger partial charge in [-0.2, -0.15) is 0 Å². The van der Waals surface area contributed by atoms with Gasteiger partial charge in [0.25, 0.3) is 0 Å². The predicted molar refractivity (Wildman–Crippen MR) is 64.9 cm³/mol. The van der Waals surface area contributed by atoms with E-state index in [2.05, 4.69) is 15.7 Å². The van der Waals surface area contributed by atoms with E-state index in [-0.39, 0.29) is 11.7 Å². The summed E-state index contributed by atoms with van der Waals surface area (Å²) in [4.78, 5) is 4.12. The number of anilines is 1. The van der Waals surface area contributed by atoms with E-state index in [1.54, 1.807) is 6.07 Å². The van der Waals surface area contributed by atoms with Crippen LogP contribution < -0.4 is 16.6 Å². The van der Waals surface area contributed by atoms with Crippen LogP contribution in [-0.2, 0) is 0 Å². The van der Waals surface area contributed by atoms with Crippen LogP contribution in [0.5, 0.6) is 0 Å². The number of aliphatic imine (C=N–C) groups is 1. The Balaban J connectivity index is 2.86. The minimum atomic E-state index is -0.459.